The number of rotatable bonds is 6. The molecule has 150 valence electrons. The van der Waals surface area contributed by atoms with Gasteiger partial charge in [-0.15, -0.1) is 0 Å². The Bertz CT molecular complexity index is 1210. The standard InChI is InChI=1S/C24H22N4O2/c1-16(2)28-15-20(19-14-25-10-9-21(19)28)24(30)18-8-11-26-22(13-18)27-23(29)12-17-6-4-3-5-7-17/h3-11,13-16H,12H2,1-2H3,(H,26,27,29). The van der Waals surface area contributed by atoms with Crippen molar-refractivity contribution in [3.8, 4) is 0 Å². The van der Waals surface area contributed by atoms with Gasteiger partial charge in [-0.2, -0.15) is 0 Å². The maximum atomic E-state index is 13.2. The number of anilines is 1. The molecule has 0 aliphatic carbocycles. The fourth-order valence-electron chi connectivity index (χ4n) is 3.47. The van der Waals surface area contributed by atoms with E-state index in [-0.39, 0.29) is 24.2 Å². The summed E-state index contributed by atoms with van der Waals surface area (Å²) in [6.45, 7) is 4.14. The van der Waals surface area contributed by atoms with E-state index in [0.717, 1.165) is 16.5 Å². The molecule has 3 aromatic heterocycles. The minimum Gasteiger partial charge on any atom is -0.344 e. The zero-order chi connectivity index (χ0) is 21.1. The molecule has 0 radical (unpaired) electrons. The van der Waals surface area contributed by atoms with E-state index in [1.54, 1.807) is 24.5 Å². The Morgan fingerprint density at radius 3 is 2.63 bits per heavy atom. The van der Waals surface area contributed by atoms with E-state index in [0.29, 0.717) is 16.9 Å². The van der Waals surface area contributed by atoms with Crippen molar-refractivity contribution in [3.63, 3.8) is 0 Å². The van der Waals surface area contributed by atoms with Gasteiger partial charge in [-0.3, -0.25) is 14.6 Å². The van der Waals surface area contributed by atoms with E-state index in [1.165, 1.54) is 6.20 Å². The van der Waals surface area contributed by atoms with Crippen molar-refractivity contribution in [1.82, 2.24) is 14.5 Å². The molecule has 0 saturated heterocycles. The highest BCUT2D eigenvalue weighted by Crippen LogP contribution is 2.26. The SMILES string of the molecule is CC(C)n1cc(C(=O)c2ccnc(NC(=O)Cc3ccccc3)c2)c2cnccc21. The van der Waals surface area contributed by atoms with Crippen LogP contribution in [0.15, 0.2) is 73.3 Å². The number of carbonyl (C=O) groups excluding carboxylic acids is 2. The minimum absolute atomic E-state index is 0.131. The van der Waals surface area contributed by atoms with Crippen molar-refractivity contribution in [2.24, 2.45) is 0 Å². The molecule has 0 aliphatic heterocycles. The molecule has 3 heterocycles. The van der Waals surface area contributed by atoms with E-state index in [4.69, 9.17) is 0 Å². The molecule has 0 bridgehead atoms. The van der Waals surface area contributed by atoms with E-state index in [1.807, 2.05) is 42.6 Å². The lowest BCUT2D eigenvalue weighted by Crippen LogP contribution is -2.15. The molecule has 0 fully saturated rings. The molecule has 0 aliphatic rings. The average Bonchev–Trinajstić information content (AvgIpc) is 3.14. The first-order valence-electron chi connectivity index (χ1n) is 9.82. The Morgan fingerprint density at radius 1 is 1.07 bits per heavy atom. The third-order valence-electron chi connectivity index (χ3n) is 4.93. The summed E-state index contributed by atoms with van der Waals surface area (Å²) in [6, 6.07) is 14.9. The summed E-state index contributed by atoms with van der Waals surface area (Å²) in [5, 5.41) is 3.59. The van der Waals surface area contributed by atoms with Crippen LogP contribution in [-0.4, -0.2) is 26.2 Å². The smallest absolute Gasteiger partial charge is 0.229 e. The fourth-order valence-corrected chi connectivity index (χ4v) is 3.47. The average molecular weight is 398 g/mol. The van der Waals surface area contributed by atoms with Crippen molar-refractivity contribution in [3.05, 3.63) is 90.0 Å². The van der Waals surface area contributed by atoms with Crippen molar-refractivity contribution in [2.45, 2.75) is 26.3 Å². The summed E-state index contributed by atoms with van der Waals surface area (Å²) in [6.07, 6.45) is 7.08. The van der Waals surface area contributed by atoms with E-state index >= 15 is 0 Å². The third-order valence-corrected chi connectivity index (χ3v) is 4.93. The van der Waals surface area contributed by atoms with Crippen LogP contribution in [-0.2, 0) is 11.2 Å². The van der Waals surface area contributed by atoms with Gasteiger partial charge >= 0.3 is 0 Å². The molecule has 6 nitrogen and oxygen atoms in total. The number of benzene rings is 1. The number of carbonyl (C=O) groups is 2. The Morgan fingerprint density at radius 2 is 1.87 bits per heavy atom. The van der Waals surface area contributed by atoms with E-state index < -0.39 is 0 Å². The minimum atomic E-state index is -0.182. The Hall–Kier alpha value is -3.80. The van der Waals surface area contributed by atoms with Gasteiger partial charge in [0.05, 0.1) is 11.9 Å². The van der Waals surface area contributed by atoms with Gasteiger partial charge in [-0.25, -0.2) is 4.98 Å². The molecule has 0 saturated carbocycles. The number of hydrogen-bond donors (Lipinski definition) is 1. The van der Waals surface area contributed by atoms with E-state index in [2.05, 4.69) is 33.7 Å². The highest BCUT2D eigenvalue weighted by Gasteiger charge is 2.19. The molecular weight excluding hydrogens is 376 g/mol. The molecule has 1 aromatic carbocycles. The number of nitrogens with zero attached hydrogens (tertiary/aromatic N) is 3. The van der Waals surface area contributed by atoms with Gasteiger partial charge in [-0.05, 0) is 37.6 Å². The second-order valence-corrected chi connectivity index (χ2v) is 7.41. The van der Waals surface area contributed by atoms with Crippen LogP contribution in [0.2, 0.25) is 0 Å². The first kappa shape index (κ1) is 19.5. The lowest BCUT2D eigenvalue weighted by atomic mass is 10.0. The monoisotopic (exact) mass is 398 g/mol. The Labute approximate surface area is 174 Å². The quantitative estimate of drug-likeness (QED) is 0.488. The van der Waals surface area contributed by atoms with Gasteiger partial charge < -0.3 is 9.88 Å². The molecule has 1 amide bonds. The van der Waals surface area contributed by atoms with E-state index in [9.17, 15) is 9.59 Å². The summed E-state index contributed by atoms with van der Waals surface area (Å²) < 4.78 is 2.06. The van der Waals surface area contributed by atoms with Crippen molar-refractivity contribution in [1.29, 1.82) is 0 Å². The maximum Gasteiger partial charge on any atom is 0.229 e. The number of hydrogen-bond acceptors (Lipinski definition) is 4. The zero-order valence-electron chi connectivity index (χ0n) is 16.9. The first-order chi connectivity index (χ1) is 14.5. The summed E-state index contributed by atoms with van der Waals surface area (Å²) >= 11 is 0. The largest absolute Gasteiger partial charge is 0.344 e. The van der Waals surface area contributed by atoms with Crippen LogP contribution in [0.1, 0.15) is 41.4 Å². The molecular formula is C24H22N4O2. The van der Waals surface area contributed by atoms with Crippen LogP contribution in [0.4, 0.5) is 5.82 Å². The van der Waals surface area contributed by atoms with Gasteiger partial charge in [0.25, 0.3) is 0 Å². The van der Waals surface area contributed by atoms with Crippen molar-refractivity contribution in [2.75, 3.05) is 5.32 Å². The molecule has 1 N–H and O–H groups in total. The van der Waals surface area contributed by atoms with Crippen LogP contribution in [0, 0.1) is 0 Å². The summed E-state index contributed by atoms with van der Waals surface area (Å²) in [4.78, 5) is 34.0. The Kier molecular flexibility index (Phi) is 5.39. The molecule has 4 rings (SSSR count). The van der Waals surface area contributed by atoms with Gasteiger partial charge in [0.2, 0.25) is 5.91 Å². The summed E-state index contributed by atoms with van der Waals surface area (Å²) in [7, 11) is 0. The summed E-state index contributed by atoms with van der Waals surface area (Å²) in [5.74, 6) is 0.0415. The number of aromatic nitrogens is 3. The molecule has 0 unspecified atom stereocenters. The van der Waals surface area contributed by atoms with Gasteiger partial charge in [0.15, 0.2) is 5.78 Å². The zero-order valence-corrected chi connectivity index (χ0v) is 16.9. The molecule has 30 heavy (non-hydrogen) atoms. The van der Waals surface area contributed by atoms with Crippen LogP contribution in [0.5, 0.6) is 0 Å². The number of fused-ring (bicyclic) bond motifs is 1. The first-order valence-corrected chi connectivity index (χ1v) is 9.82. The van der Waals surface area contributed by atoms with Gasteiger partial charge in [0, 0.05) is 47.3 Å². The van der Waals surface area contributed by atoms with Crippen LogP contribution in [0.25, 0.3) is 10.9 Å². The molecule has 0 atom stereocenters. The van der Waals surface area contributed by atoms with Crippen LogP contribution < -0.4 is 5.32 Å². The number of nitrogens with one attached hydrogen (secondary N) is 1. The Balaban J connectivity index is 1.59. The van der Waals surface area contributed by atoms with Crippen molar-refractivity contribution >= 4 is 28.4 Å². The number of pyridine rings is 2. The lowest BCUT2D eigenvalue weighted by Gasteiger charge is -2.08. The number of amides is 1. The normalized spacial score (nSPS) is 11.0. The third kappa shape index (κ3) is 3.98. The predicted octanol–water partition coefficient (Wildman–Crippen LogP) is 4.42. The topological polar surface area (TPSA) is 76.9 Å². The maximum absolute atomic E-state index is 13.2. The molecule has 0 spiro atoms. The van der Waals surface area contributed by atoms with Crippen LogP contribution >= 0.6 is 0 Å². The lowest BCUT2D eigenvalue weighted by molar-refractivity contribution is -0.115. The number of ketones is 1. The molecule has 6 heteroatoms. The predicted molar refractivity (Wildman–Crippen MR) is 117 cm³/mol. The fraction of sp³-hybridized carbons (Fsp3) is 0.167. The summed E-state index contributed by atoms with van der Waals surface area (Å²) in [5.41, 5.74) is 2.93. The molecule has 4 aromatic rings. The van der Waals surface area contributed by atoms with Gasteiger partial charge in [-0.1, -0.05) is 30.3 Å². The highest BCUT2D eigenvalue weighted by molar-refractivity contribution is 6.16. The van der Waals surface area contributed by atoms with Gasteiger partial charge in [0.1, 0.15) is 5.82 Å². The second kappa shape index (κ2) is 8.29. The van der Waals surface area contributed by atoms with Crippen LogP contribution in [0.3, 0.4) is 0 Å². The second-order valence-electron chi connectivity index (χ2n) is 7.41. The highest BCUT2D eigenvalue weighted by atomic mass is 16.1. The van der Waals surface area contributed by atoms with Crippen molar-refractivity contribution < 1.29 is 9.59 Å².